The van der Waals surface area contributed by atoms with Crippen LogP contribution in [0.25, 0.3) is 10.4 Å². The lowest BCUT2D eigenvalue weighted by Crippen LogP contribution is -2.04. The average molecular weight is 555 g/mol. The van der Waals surface area contributed by atoms with Gasteiger partial charge in [-0.05, 0) is 39.2 Å². The zero-order valence-electron chi connectivity index (χ0n) is 18.6. The van der Waals surface area contributed by atoms with Gasteiger partial charge in [0.05, 0.1) is 16.0 Å². The van der Waals surface area contributed by atoms with Gasteiger partial charge in [0.2, 0.25) is 0 Å². The van der Waals surface area contributed by atoms with Crippen molar-refractivity contribution in [2.45, 2.75) is 13.2 Å². The summed E-state index contributed by atoms with van der Waals surface area (Å²) < 4.78 is 18.5. The van der Waals surface area contributed by atoms with Crippen LogP contribution in [0.2, 0.25) is 0 Å². The molecule has 0 saturated heterocycles. The lowest BCUT2D eigenvalue weighted by Gasteiger charge is -2.17. The van der Waals surface area contributed by atoms with Crippen molar-refractivity contribution in [3.05, 3.63) is 99.3 Å². The van der Waals surface area contributed by atoms with Gasteiger partial charge in [-0.25, -0.2) is 4.79 Å². The first-order valence-electron chi connectivity index (χ1n) is 10.8. The van der Waals surface area contributed by atoms with Crippen LogP contribution in [0.15, 0.2) is 83.3 Å². The lowest BCUT2D eigenvalue weighted by molar-refractivity contribution is 0.0696. The fourth-order valence-corrected chi connectivity index (χ4v) is 5.31. The van der Waals surface area contributed by atoms with Crippen molar-refractivity contribution in [1.82, 2.24) is 0 Å². The topological polar surface area (TPSA) is 85.2 Å². The van der Waals surface area contributed by atoms with Gasteiger partial charge in [-0.15, -0.1) is 11.3 Å². The van der Waals surface area contributed by atoms with Gasteiger partial charge < -0.3 is 24.4 Å². The SMILES string of the molecule is O=C(O)c1sc(-c2cccc(OCc3ccccc3)c2OCc2ccccc2)c(Br)c1OCCO. The van der Waals surface area contributed by atoms with Gasteiger partial charge in [-0.1, -0.05) is 66.7 Å². The number of benzene rings is 3. The number of halogens is 1. The van der Waals surface area contributed by atoms with Crippen LogP contribution in [0.3, 0.4) is 0 Å². The molecule has 0 aliphatic rings. The van der Waals surface area contributed by atoms with E-state index in [1.54, 1.807) is 0 Å². The van der Waals surface area contributed by atoms with E-state index in [2.05, 4.69) is 15.9 Å². The molecular formula is C27H23BrO6S. The Balaban J connectivity index is 1.74. The third-order valence-electron chi connectivity index (χ3n) is 5.03. The largest absolute Gasteiger partial charge is 0.488 e. The Morgan fingerprint density at radius 2 is 1.43 bits per heavy atom. The second-order valence-electron chi connectivity index (χ2n) is 7.46. The molecule has 0 aliphatic heterocycles. The summed E-state index contributed by atoms with van der Waals surface area (Å²) in [6, 6.07) is 25.1. The molecule has 0 unspecified atom stereocenters. The van der Waals surface area contributed by atoms with Crippen LogP contribution in [-0.2, 0) is 13.2 Å². The van der Waals surface area contributed by atoms with Gasteiger partial charge in [0.25, 0.3) is 0 Å². The zero-order valence-corrected chi connectivity index (χ0v) is 21.1. The number of para-hydroxylation sites is 1. The van der Waals surface area contributed by atoms with E-state index in [4.69, 9.17) is 19.3 Å². The summed E-state index contributed by atoms with van der Waals surface area (Å²) >= 11 is 4.58. The molecule has 0 amide bonds. The maximum atomic E-state index is 11.9. The summed E-state index contributed by atoms with van der Waals surface area (Å²) in [7, 11) is 0. The number of hydrogen-bond acceptors (Lipinski definition) is 6. The Morgan fingerprint density at radius 1 is 0.800 bits per heavy atom. The summed E-state index contributed by atoms with van der Waals surface area (Å²) in [6.07, 6.45) is 0. The third kappa shape index (κ3) is 6.03. The number of carbonyl (C=O) groups is 1. The second-order valence-corrected chi connectivity index (χ2v) is 9.28. The number of thiophene rings is 1. The van der Waals surface area contributed by atoms with E-state index in [0.717, 1.165) is 22.5 Å². The molecule has 0 bridgehead atoms. The van der Waals surface area contributed by atoms with Crippen molar-refractivity contribution in [2.75, 3.05) is 13.2 Å². The molecule has 180 valence electrons. The fraction of sp³-hybridized carbons (Fsp3) is 0.148. The highest BCUT2D eigenvalue weighted by atomic mass is 79.9. The van der Waals surface area contributed by atoms with E-state index in [-0.39, 0.29) is 23.8 Å². The van der Waals surface area contributed by atoms with E-state index >= 15 is 0 Å². The predicted molar refractivity (Wildman–Crippen MR) is 139 cm³/mol. The van der Waals surface area contributed by atoms with Gasteiger partial charge in [-0.3, -0.25) is 0 Å². The number of aliphatic hydroxyl groups excluding tert-OH is 1. The number of aromatic carboxylic acids is 1. The van der Waals surface area contributed by atoms with Crippen LogP contribution >= 0.6 is 27.3 Å². The van der Waals surface area contributed by atoms with Gasteiger partial charge in [0.1, 0.15) is 19.8 Å². The maximum absolute atomic E-state index is 11.9. The van der Waals surface area contributed by atoms with Crippen LogP contribution in [0.1, 0.15) is 20.8 Å². The van der Waals surface area contributed by atoms with Crippen LogP contribution in [0.5, 0.6) is 17.2 Å². The smallest absolute Gasteiger partial charge is 0.349 e. The Labute approximate surface area is 215 Å². The number of carboxylic acid groups (broad SMARTS) is 1. The number of rotatable bonds is 11. The van der Waals surface area contributed by atoms with Gasteiger partial charge in [-0.2, -0.15) is 0 Å². The molecule has 1 aromatic heterocycles. The van der Waals surface area contributed by atoms with E-state index in [1.807, 2.05) is 78.9 Å². The molecule has 6 nitrogen and oxygen atoms in total. The minimum absolute atomic E-state index is 0.0212. The summed E-state index contributed by atoms with van der Waals surface area (Å²) in [4.78, 5) is 12.6. The predicted octanol–water partition coefficient (Wildman–Crippen LogP) is 6.40. The van der Waals surface area contributed by atoms with Crippen molar-refractivity contribution in [2.24, 2.45) is 0 Å². The molecule has 0 aliphatic carbocycles. The molecule has 35 heavy (non-hydrogen) atoms. The van der Waals surface area contributed by atoms with Crippen LogP contribution in [0, 0.1) is 0 Å². The van der Waals surface area contributed by atoms with Crippen LogP contribution in [-0.4, -0.2) is 29.4 Å². The van der Waals surface area contributed by atoms with Crippen molar-refractivity contribution >= 4 is 33.2 Å². The summed E-state index contributed by atoms with van der Waals surface area (Å²) in [6.45, 7) is 0.405. The van der Waals surface area contributed by atoms with E-state index in [9.17, 15) is 9.90 Å². The molecule has 0 atom stereocenters. The maximum Gasteiger partial charge on any atom is 0.349 e. The minimum Gasteiger partial charge on any atom is -0.488 e. The minimum atomic E-state index is -1.11. The lowest BCUT2D eigenvalue weighted by atomic mass is 10.1. The number of hydrogen-bond donors (Lipinski definition) is 2. The van der Waals surface area contributed by atoms with Crippen molar-refractivity contribution in [3.63, 3.8) is 0 Å². The molecule has 0 fully saturated rings. The molecule has 2 N–H and O–H groups in total. The summed E-state index contributed by atoms with van der Waals surface area (Å²) in [5.74, 6) is 0.103. The first-order chi connectivity index (χ1) is 17.1. The standard InChI is InChI=1S/C27H23BrO6S/c28-22-24(32-15-14-29)26(27(30)31)35-25(22)20-12-7-13-21(33-16-18-8-3-1-4-9-18)23(20)34-17-19-10-5-2-6-11-19/h1-13,29H,14-17H2,(H,30,31). The number of ether oxygens (including phenoxy) is 3. The van der Waals surface area contributed by atoms with Crippen molar-refractivity contribution in [3.8, 4) is 27.7 Å². The quantitative estimate of drug-likeness (QED) is 0.223. The first-order valence-corrected chi connectivity index (χ1v) is 12.5. The molecule has 3 aromatic carbocycles. The Morgan fingerprint density at radius 3 is 2.03 bits per heavy atom. The van der Waals surface area contributed by atoms with Crippen LogP contribution < -0.4 is 14.2 Å². The van der Waals surface area contributed by atoms with Gasteiger partial charge in [0.15, 0.2) is 22.1 Å². The number of carboxylic acids is 1. The highest BCUT2D eigenvalue weighted by molar-refractivity contribution is 9.10. The molecule has 4 aromatic rings. The molecule has 4 rings (SSSR count). The van der Waals surface area contributed by atoms with Gasteiger partial charge in [0, 0.05) is 5.56 Å². The summed E-state index contributed by atoms with van der Waals surface area (Å²) in [5, 5.41) is 18.9. The van der Waals surface area contributed by atoms with Crippen molar-refractivity contribution in [1.29, 1.82) is 0 Å². The molecule has 1 heterocycles. The Hall–Kier alpha value is -3.33. The normalized spacial score (nSPS) is 10.7. The highest BCUT2D eigenvalue weighted by Gasteiger charge is 2.26. The molecular weight excluding hydrogens is 532 g/mol. The second kappa shape index (κ2) is 11.9. The third-order valence-corrected chi connectivity index (χ3v) is 7.24. The van der Waals surface area contributed by atoms with E-state index < -0.39 is 5.97 Å². The average Bonchev–Trinajstić information content (AvgIpc) is 3.22. The zero-order chi connectivity index (χ0) is 24.6. The first kappa shape index (κ1) is 24.8. The van der Waals surface area contributed by atoms with Crippen LogP contribution in [0.4, 0.5) is 0 Å². The Kier molecular flexibility index (Phi) is 8.41. The monoisotopic (exact) mass is 554 g/mol. The summed E-state index contributed by atoms with van der Waals surface area (Å²) in [5.41, 5.74) is 2.67. The molecule has 0 saturated carbocycles. The molecule has 0 radical (unpaired) electrons. The molecule has 8 heteroatoms. The van der Waals surface area contributed by atoms with Gasteiger partial charge >= 0.3 is 5.97 Å². The Bertz CT molecular complexity index is 1270. The van der Waals surface area contributed by atoms with E-state index in [0.29, 0.717) is 39.6 Å². The van der Waals surface area contributed by atoms with E-state index in [1.165, 1.54) is 0 Å². The molecule has 0 spiro atoms. The highest BCUT2D eigenvalue weighted by Crippen LogP contribution is 2.50. The number of aliphatic hydroxyl groups is 1. The fourth-order valence-electron chi connectivity index (χ4n) is 3.41. The van der Waals surface area contributed by atoms with Crippen molar-refractivity contribution < 1.29 is 29.2 Å².